The number of hydrogen-bond donors (Lipinski definition) is 2. The summed E-state index contributed by atoms with van der Waals surface area (Å²) >= 11 is 1.37. The molecule has 1 fully saturated rings. The van der Waals surface area contributed by atoms with Crippen molar-refractivity contribution in [2.24, 2.45) is 0 Å². The van der Waals surface area contributed by atoms with Gasteiger partial charge in [0, 0.05) is 23.8 Å². The highest BCUT2D eigenvalue weighted by molar-refractivity contribution is 8.04. The van der Waals surface area contributed by atoms with Crippen LogP contribution in [0.1, 0.15) is 58.3 Å². The first-order valence-corrected chi connectivity index (χ1v) is 12.9. The second-order valence-electron chi connectivity index (χ2n) is 9.07. The number of allylic oxidation sites excluding steroid dienone is 1. The summed E-state index contributed by atoms with van der Waals surface area (Å²) in [6, 6.07) is 9.32. The van der Waals surface area contributed by atoms with Gasteiger partial charge in [-0.25, -0.2) is 0 Å². The van der Waals surface area contributed by atoms with E-state index < -0.39 is 17.3 Å². The SMILES string of the molecule is CCC(=O)N(C1CCC(O)CC1)C1C=C(C2=CCC(Oc3ccccc3)CC2)SC1C(=O)O. The average molecular weight is 472 g/mol. The minimum Gasteiger partial charge on any atom is -0.490 e. The number of carbonyl (C=O) groups excluding carboxylic acids is 1. The fraction of sp³-hybridized carbons (Fsp3) is 0.538. The Hall–Kier alpha value is -2.25. The zero-order chi connectivity index (χ0) is 23.4. The van der Waals surface area contributed by atoms with Crippen molar-refractivity contribution in [2.45, 2.75) is 87.8 Å². The summed E-state index contributed by atoms with van der Waals surface area (Å²) in [5.41, 5.74) is 1.16. The molecule has 7 heteroatoms. The van der Waals surface area contributed by atoms with E-state index in [1.807, 2.05) is 48.2 Å². The summed E-state index contributed by atoms with van der Waals surface area (Å²) in [6.07, 6.45) is 9.52. The van der Waals surface area contributed by atoms with Gasteiger partial charge in [-0.15, -0.1) is 11.8 Å². The van der Waals surface area contributed by atoms with Crippen LogP contribution in [0.25, 0.3) is 0 Å². The van der Waals surface area contributed by atoms with Crippen molar-refractivity contribution in [3.8, 4) is 5.75 Å². The second-order valence-corrected chi connectivity index (χ2v) is 10.3. The molecule has 3 unspecified atom stereocenters. The molecule has 3 atom stereocenters. The third-order valence-corrected chi connectivity index (χ3v) is 8.21. The van der Waals surface area contributed by atoms with Gasteiger partial charge in [-0.05, 0) is 62.3 Å². The van der Waals surface area contributed by atoms with E-state index in [-0.39, 0.29) is 24.2 Å². The molecule has 1 aliphatic heterocycles. The number of thioether (sulfide) groups is 1. The van der Waals surface area contributed by atoms with Crippen molar-refractivity contribution in [2.75, 3.05) is 0 Å². The molecule has 4 rings (SSSR count). The maximum Gasteiger partial charge on any atom is 0.319 e. The first-order valence-electron chi connectivity index (χ1n) is 12.0. The molecular weight excluding hydrogens is 438 g/mol. The van der Waals surface area contributed by atoms with Crippen LogP contribution in [-0.2, 0) is 9.59 Å². The van der Waals surface area contributed by atoms with E-state index in [2.05, 4.69) is 6.08 Å². The number of carboxylic acid groups (broad SMARTS) is 1. The summed E-state index contributed by atoms with van der Waals surface area (Å²) in [4.78, 5) is 27.9. The third-order valence-electron chi connectivity index (χ3n) is 6.83. The average Bonchev–Trinajstić information content (AvgIpc) is 3.27. The maximum atomic E-state index is 12.9. The van der Waals surface area contributed by atoms with Crippen LogP contribution in [0.15, 0.2) is 53.0 Å². The number of hydrogen-bond acceptors (Lipinski definition) is 5. The van der Waals surface area contributed by atoms with Gasteiger partial charge in [0.1, 0.15) is 17.1 Å². The normalized spacial score (nSPS) is 29.7. The Bertz CT molecular complexity index is 907. The molecule has 1 amide bonds. The lowest BCUT2D eigenvalue weighted by Gasteiger charge is -2.40. The molecule has 2 aliphatic carbocycles. The molecule has 0 saturated heterocycles. The first kappa shape index (κ1) is 23.9. The molecule has 2 N–H and O–H groups in total. The predicted molar refractivity (Wildman–Crippen MR) is 129 cm³/mol. The Morgan fingerprint density at radius 3 is 2.45 bits per heavy atom. The molecule has 0 radical (unpaired) electrons. The van der Waals surface area contributed by atoms with E-state index in [0.717, 1.165) is 35.5 Å². The van der Waals surface area contributed by atoms with Crippen LogP contribution in [0.4, 0.5) is 0 Å². The van der Waals surface area contributed by atoms with Gasteiger partial charge in [0.05, 0.1) is 12.1 Å². The zero-order valence-corrected chi connectivity index (χ0v) is 19.9. The first-order chi connectivity index (χ1) is 16.0. The van der Waals surface area contributed by atoms with Crippen LogP contribution in [0.2, 0.25) is 0 Å². The molecule has 1 aromatic carbocycles. The number of carboxylic acids is 1. The number of aliphatic hydroxyl groups is 1. The lowest BCUT2D eigenvalue weighted by molar-refractivity contribution is -0.141. The van der Waals surface area contributed by atoms with E-state index in [0.29, 0.717) is 32.1 Å². The number of nitrogens with zero attached hydrogens (tertiary/aromatic N) is 1. The molecule has 0 bridgehead atoms. The highest BCUT2D eigenvalue weighted by Gasteiger charge is 2.43. The van der Waals surface area contributed by atoms with Crippen molar-refractivity contribution in [3.05, 3.63) is 53.0 Å². The van der Waals surface area contributed by atoms with E-state index in [9.17, 15) is 19.8 Å². The van der Waals surface area contributed by atoms with E-state index in [4.69, 9.17) is 4.74 Å². The van der Waals surface area contributed by atoms with E-state index in [1.54, 1.807) is 0 Å². The Morgan fingerprint density at radius 1 is 1.12 bits per heavy atom. The lowest BCUT2D eigenvalue weighted by Crippen LogP contribution is -2.52. The molecule has 6 nitrogen and oxygen atoms in total. The van der Waals surface area contributed by atoms with Crippen molar-refractivity contribution < 1.29 is 24.5 Å². The highest BCUT2D eigenvalue weighted by Crippen LogP contribution is 2.44. The molecule has 1 aromatic rings. The van der Waals surface area contributed by atoms with Crippen LogP contribution in [0, 0.1) is 0 Å². The smallest absolute Gasteiger partial charge is 0.319 e. The molecule has 33 heavy (non-hydrogen) atoms. The minimum absolute atomic E-state index is 0.0142. The Morgan fingerprint density at radius 2 is 1.85 bits per heavy atom. The van der Waals surface area contributed by atoms with Crippen LogP contribution in [0.5, 0.6) is 5.75 Å². The quantitative estimate of drug-likeness (QED) is 0.607. The summed E-state index contributed by atoms with van der Waals surface area (Å²) < 4.78 is 6.08. The van der Waals surface area contributed by atoms with Gasteiger partial charge in [-0.3, -0.25) is 9.59 Å². The number of aliphatic hydroxyl groups excluding tert-OH is 1. The lowest BCUT2D eigenvalue weighted by atomic mass is 9.90. The second kappa shape index (κ2) is 10.8. The number of para-hydroxylation sites is 1. The molecule has 1 saturated carbocycles. The maximum absolute atomic E-state index is 12.9. The molecule has 3 aliphatic rings. The Balaban J connectivity index is 1.51. The zero-order valence-electron chi connectivity index (χ0n) is 19.1. The standard InChI is InChI=1S/C26H33NO5S/c1-2-24(29)27(18-10-12-19(28)13-11-18)22-16-23(33-25(22)26(30)31)17-8-14-21(15-9-17)32-20-6-4-3-5-7-20/h3-8,16,18-19,21-22,25,28H,2,9-15H2,1H3,(H,30,31). The number of benzene rings is 1. The van der Waals surface area contributed by atoms with Crippen LogP contribution >= 0.6 is 11.8 Å². The van der Waals surface area contributed by atoms with Gasteiger partial charge in [-0.1, -0.05) is 31.2 Å². The number of carbonyl (C=O) groups is 2. The fourth-order valence-electron chi connectivity index (χ4n) is 5.06. The largest absolute Gasteiger partial charge is 0.490 e. The summed E-state index contributed by atoms with van der Waals surface area (Å²) in [5.74, 6) is -0.0338. The number of aliphatic carboxylic acids is 1. The van der Waals surface area contributed by atoms with Crippen molar-refractivity contribution in [3.63, 3.8) is 0 Å². The minimum atomic E-state index is -0.886. The van der Waals surface area contributed by atoms with E-state index in [1.165, 1.54) is 11.8 Å². The Labute approximate surface area is 199 Å². The predicted octanol–water partition coefficient (Wildman–Crippen LogP) is 4.54. The van der Waals surface area contributed by atoms with Crippen LogP contribution in [0.3, 0.4) is 0 Å². The monoisotopic (exact) mass is 471 g/mol. The summed E-state index contributed by atoms with van der Waals surface area (Å²) in [7, 11) is 0. The van der Waals surface area contributed by atoms with Crippen molar-refractivity contribution in [1.29, 1.82) is 0 Å². The molecule has 1 heterocycles. The molecule has 178 valence electrons. The van der Waals surface area contributed by atoms with Gasteiger partial charge >= 0.3 is 5.97 Å². The third kappa shape index (κ3) is 5.64. The van der Waals surface area contributed by atoms with Gasteiger partial charge in [0.25, 0.3) is 0 Å². The molecule has 0 spiro atoms. The van der Waals surface area contributed by atoms with E-state index >= 15 is 0 Å². The van der Waals surface area contributed by atoms with Gasteiger partial charge in [0.2, 0.25) is 5.91 Å². The fourth-order valence-corrected chi connectivity index (χ4v) is 6.34. The Kier molecular flexibility index (Phi) is 7.81. The summed E-state index contributed by atoms with van der Waals surface area (Å²) in [6.45, 7) is 1.83. The number of ether oxygens (including phenoxy) is 1. The van der Waals surface area contributed by atoms with Gasteiger partial charge in [0.15, 0.2) is 0 Å². The highest BCUT2D eigenvalue weighted by atomic mass is 32.2. The molecule has 0 aromatic heterocycles. The molecular formula is C26H33NO5S. The van der Waals surface area contributed by atoms with Crippen LogP contribution in [-0.4, -0.2) is 56.5 Å². The van der Waals surface area contributed by atoms with Crippen molar-refractivity contribution in [1.82, 2.24) is 4.90 Å². The van der Waals surface area contributed by atoms with Crippen molar-refractivity contribution >= 4 is 23.6 Å². The van der Waals surface area contributed by atoms with Gasteiger partial charge < -0.3 is 19.8 Å². The number of amides is 1. The summed E-state index contributed by atoms with van der Waals surface area (Å²) in [5, 5.41) is 19.2. The number of rotatable bonds is 7. The van der Waals surface area contributed by atoms with Crippen LogP contribution < -0.4 is 4.74 Å². The topological polar surface area (TPSA) is 87.1 Å². The van der Waals surface area contributed by atoms with Gasteiger partial charge in [-0.2, -0.15) is 0 Å².